The molecule has 1 aromatic heterocycles. The Morgan fingerprint density at radius 2 is 2.11 bits per heavy atom. The number of aromatic nitrogens is 1. The number of nitrogens with zero attached hydrogens (tertiary/aromatic N) is 2. The molecule has 0 radical (unpaired) electrons. The molecule has 4 rings (SSSR count). The molecule has 0 saturated carbocycles. The van der Waals surface area contributed by atoms with Crippen molar-refractivity contribution in [2.75, 3.05) is 4.90 Å². The first-order valence-corrected chi connectivity index (χ1v) is 9.50. The van der Waals surface area contributed by atoms with Crippen molar-refractivity contribution < 1.29 is 23.5 Å². The summed E-state index contributed by atoms with van der Waals surface area (Å²) in [5, 5.41) is 9.61. The first-order valence-electron chi connectivity index (χ1n) is 8.69. The van der Waals surface area contributed by atoms with Gasteiger partial charge in [0.05, 0.1) is 29.1 Å². The summed E-state index contributed by atoms with van der Waals surface area (Å²) < 4.78 is 27.7. The molecule has 1 atom stereocenters. The Morgan fingerprint density at radius 1 is 1.32 bits per heavy atom. The van der Waals surface area contributed by atoms with Crippen LogP contribution in [0, 0.1) is 24.5 Å². The molecule has 1 amide bonds. The molecule has 0 spiro atoms. The summed E-state index contributed by atoms with van der Waals surface area (Å²) in [5.74, 6) is -3.41. The summed E-state index contributed by atoms with van der Waals surface area (Å²) in [5.41, 5.74) is 2.81. The maximum absolute atomic E-state index is 14.0. The van der Waals surface area contributed by atoms with Crippen molar-refractivity contribution in [3.63, 3.8) is 0 Å². The minimum atomic E-state index is -1.04. The molecule has 28 heavy (non-hydrogen) atoms. The number of hydrogen-bond donors (Lipinski definition) is 1. The van der Waals surface area contributed by atoms with Crippen LogP contribution in [-0.2, 0) is 22.6 Å². The van der Waals surface area contributed by atoms with Gasteiger partial charge < -0.3 is 10.0 Å². The lowest BCUT2D eigenvalue weighted by molar-refractivity contribution is -0.140. The second kappa shape index (κ2) is 6.94. The Kier molecular flexibility index (Phi) is 4.58. The van der Waals surface area contributed by atoms with Crippen LogP contribution < -0.4 is 4.90 Å². The van der Waals surface area contributed by atoms with Crippen LogP contribution in [0.1, 0.15) is 22.6 Å². The van der Waals surface area contributed by atoms with Gasteiger partial charge in [-0.2, -0.15) is 0 Å². The van der Waals surface area contributed by atoms with Gasteiger partial charge in [-0.3, -0.25) is 9.59 Å². The van der Waals surface area contributed by atoms with Gasteiger partial charge in [0.1, 0.15) is 16.6 Å². The Hall–Kier alpha value is -2.87. The molecule has 0 aliphatic carbocycles. The van der Waals surface area contributed by atoms with Gasteiger partial charge in [-0.15, -0.1) is 11.3 Å². The van der Waals surface area contributed by atoms with Gasteiger partial charge in [0.15, 0.2) is 0 Å². The molecule has 1 N–H and O–H groups in total. The van der Waals surface area contributed by atoms with Crippen LogP contribution in [-0.4, -0.2) is 22.0 Å². The number of halogens is 2. The SMILES string of the molecule is Cc1ccc2c(c1)CC(CC(=O)O)C(=O)N2Cc1nc2cc(F)cc(F)c2s1. The monoisotopic (exact) mass is 402 g/mol. The summed E-state index contributed by atoms with van der Waals surface area (Å²) >= 11 is 1.06. The standard InChI is InChI=1S/C20H16F2N2O3S/c1-10-2-3-16-11(4-10)5-12(6-18(25)26)20(27)24(16)9-17-23-15-8-13(21)7-14(22)19(15)28-17/h2-4,7-8,12H,5-6,9H2,1H3,(H,25,26). The summed E-state index contributed by atoms with van der Waals surface area (Å²) in [6, 6.07) is 7.60. The van der Waals surface area contributed by atoms with Crippen LogP contribution in [0.15, 0.2) is 30.3 Å². The molecule has 2 aromatic carbocycles. The Bertz CT molecular complexity index is 1110. The number of carbonyl (C=O) groups excluding carboxylic acids is 1. The largest absolute Gasteiger partial charge is 0.481 e. The van der Waals surface area contributed by atoms with E-state index in [1.807, 2.05) is 25.1 Å². The van der Waals surface area contributed by atoms with Gasteiger partial charge in [-0.1, -0.05) is 17.7 Å². The fourth-order valence-electron chi connectivity index (χ4n) is 3.58. The molecule has 0 saturated heterocycles. The number of carbonyl (C=O) groups is 2. The number of fused-ring (bicyclic) bond motifs is 2. The minimum Gasteiger partial charge on any atom is -0.481 e. The second-order valence-electron chi connectivity index (χ2n) is 6.90. The topological polar surface area (TPSA) is 70.5 Å². The lowest BCUT2D eigenvalue weighted by Gasteiger charge is -2.33. The highest BCUT2D eigenvalue weighted by Gasteiger charge is 2.34. The van der Waals surface area contributed by atoms with Crippen LogP contribution in [0.3, 0.4) is 0 Å². The predicted molar refractivity (Wildman–Crippen MR) is 101 cm³/mol. The highest BCUT2D eigenvalue weighted by atomic mass is 32.1. The maximum Gasteiger partial charge on any atom is 0.304 e. The number of aliphatic carboxylic acids is 1. The normalized spacial score (nSPS) is 16.5. The quantitative estimate of drug-likeness (QED) is 0.714. The third-order valence-electron chi connectivity index (χ3n) is 4.78. The van der Waals surface area contributed by atoms with E-state index in [1.165, 1.54) is 4.90 Å². The molecule has 2 heterocycles. The van der Waals surface area contributed by atoms with E-state index >= 15 is 0 Å². The smallest absolute Gasteiger partial charge is 0.304 e. The van der Waals surface area contributed by atoms with Crippen molar-refractivity contribution >= 4 is 39.1 Å². The molecule has 3 aromatic rings. The van der Waals surface area contributed by atoms with Crippen LogP contribution >= 0.6 is 11.3 Å². The zero-order valence-corrected chi connectivity index (χ0v) is 15.7. The van der Waals surface area contributed by atoms with Crippen molar-refractivity contribution in [2.45, 2.75) is 26.3 Å². The first kappa shape index (κ1) is 18.5. The third kappa shape index (κ3) is 3.35. The molecular weight excluding hydrogens is 386 g/mol. The molecule has 0 fully saturated rings. The van der Waals surface area contributed by atoms with Gasteiger partial charge in [-0.05, 0) is 25.0 Å². The number of rotatable bonds is 4. The summed E-state index contributed by atoms with van der Waals surface area (Å²) in [6.07, 6.45) is 0.0979. The van der Waals surface area contributed by atoms with E-state index in [9.17, 15) is 18.4 Å². The molecule has 5 nitrogen and oxygen atoms in total. The van der Waals surface area contributed by atoms with E-state index in [-0.39, 0.29) is 29.1 Å². The minimum absolute atomic E-state index is 0.0748. The number of thiazole rings is 1. The van der Waals surface area contributed by atoms with Crippen molar-refractivity contribution in [1.29, 1.82) is 0 Å². The molecule has 144 valence electrons. The zero-order chi connectivity index (χ0) is 20.0. The van der Waals surface area contributed by atoms with E-state index in [0.717, 1.165) is 34.6 Å². The maximum atomic E-state index is 14.0. The number of aryl methyl sites for hydroxylation is 1. The van der Waals surface area contributed by atoms with Crippen molar-refractivity contribution in [1.82, 2.24) is 4.98 Å². The number of hydrogen-bond acceptors (Lipinski definition) is 4. The number of carboxylic acid groups (broad SMARTS) is 1. The molecule has 1 aliphatic heterocycles. The third-order valence-corrected chi connectivity index (χ3v) is 5.84. The van der Waals surface area contributed by atoms with Gasteiger partial charge in [0.2, 0.25) is 5.91 Å². The highest BCUT2D eigenvalue weighted by Crippen LogP contribution is 2.35. The molecule has 8 heteroatoms. The number of carboxylic acids is 1. The molecular formula is C20H16F2N2O3S. The van der Waals surface area contributed by atoms with Gasteiger partial charge >= 0.3 is 5.97 Å². The fourth-order valence-corrected chi connectivity index (χ4v) is 4.51. The van der Waals surface area contributed by atoms with Gasteiger partial charge in [-0.25, -0.2) is 13.8 Å². The lowest BCUT2D eigenvalue weighted by Crippen LogP contribution is -2.41. The highest BCUT2D eigenvalue weighted by molar-refractivity contribution is 7.18. The first-order chi connectivity index (χ1) is 13.3. The summed E-state index contributed by atoms with van der Waals surface area (Å²) in [7, 11) is 0. The Labute approximate surface area is 163 Å². The van der Waals surface area contributed by atoms with E-state index in [4.69, 9.17) is 5.11 Å². The van der Waals surface area contributed by atoms with Gasteiger partial charge in [0, 0.05) is 17.8 Å². The van der Waals surface area contributed by atoms with E-state index in [1.54, 1.807) is 0 Å². The van der Waals surface area contributed by atoms with Crippen molar-refractivity contribution in [2.24, 2.45) is 5.92 Å². The van der Waals surface area contributed by atoms with Crippen molar-refractivity contribution in [3.05, 3.63) is 58.1 Å². The Balaban J connectivity index is 1.74. The molecule has 0 bridgehead atoms. The fraction of sp³-hybridized carbons (Fsp3) is 0.250. The van der Waals surface area contributed by atoms with Crippen LogP contribution in [0.5, 0.6) is 0 Å². The van der Waals surface area contributed by atoms with Crippen LogP contribution in [0.4, 0.5) is 14.5 Å². The average Bonchev–Trinajstić information content (AvgIpc) is 3.01. The lowest BCUT2D eigenvalue weighted by atomic mass is 9.88. The Morgan fingerprint density at radius 3 is 2.86 bits per heavy atom. The summed E-state index contributed by atoms with van der Waals surface area (Å²) in [6.45, 7) is 2.00. The van der Waals surface area contributed by atoms with E-state index < -0.39 is 23.5 Å². The number of amides is 1. The van der Waals surface area contributed by atoms with Crippen LogP contribution in [0.25, 0.3) is 10.2 Å². The van der Waals surface area contributed by atoms with Crippen molar-refractivity contribution in [3.8, 4) is 0 Å². The average molecular weight is 402 g/mol. The number of benzene rings is 2. The van der Waals surface area contributed by atoms with E-state index in [2.05, 4.69) is 4.98 Å². The zero-order valence-electron chi connectivity index (χ0n) is 14.9. The van der Waals surface area contributed by atoms with Crippen LogP contribution in [0.2, 0.25) is 0 Å². The molecule has 1 unspecified atom stereocenters. The van der Waals surface area contributed by atoms with Gasteiger partial charge in [0.25, 0.3) is 0 Å². The van der Waals surface area contributed by atoms with E-state index in [0.29, 0.717) is 17.1 Å². The molecule has 1 aliphatic rings. The number of anilines is 1. The summed E-state index contributed by atoms with van der Waals surface area (Å²) in [4.78, 5) is 29.9. The predicted octanol–water partition coefficient (Wildman–Crippen LogP) is 4.06. The second-order valence-corrected chi connectivity index (χ2v) is 7.98.